The maximum atomic E-state index is 11.9. The number of hydrogen-bond donors (Lipinski definition) is 0. The molecule has 0 aliphatic heterocycles. The first-order valence-electron chi connectivity index (χ1n) is 5.23. The van der Waals surface area contributed by atoms with Gasteiger partial charge in [0.05, 0.1) is 11.1 Å². The van der Waals surface area contributed by atoms with E-state index in [9.17, 15) is 14.9 Å². The summed E-state index contributed by atoms with van der Waals surface area (Å²) in [6.07, 6.45) is 4.90. The van der Waals surface area contributed by atoms with Crippen LogP contribution in [0.1, 0.15) is 10.4 Å². The molecule has 0 aliphatic rings. The van der Waals surface area contributed by atoms with Crippen molar-refractivity contribution in [2.75, 3.05) is 0 Å². The highest BCUT2D eigenvalue weighted by Crippen LogP contribution is 2.12. The molecule has 18 heavy (non-hydrogen) atoms. The minimum Gasteiger partial charge on any atom is -0.290 e. The van der Waals surface area contributed by atoms with Gasteiger partial charge in [-0.25, -0.2) is 4.57 Å². The van der Waals surface area contributed by atoms with Crippen LogP contribution in [0.5, 0.6) is 0 Å². The van der Waals surface area contributed by atoms with Gasteiger partial charge in [0.1, 0.15) is 6.20 Å². The molecule has 6 nitrogen and oxygen atoms in total. The Morgan fingerprint density at radius 3 is 2.61 bits per heavy atom. The SMILES string of the molecule is O=C(C[n+]1cccnc1)c1ccc([N+](=O)[O-])cc1. The largest absolute Gasteiger partial charge is 0.290 e. The third kappa shape index (κ3) is 2.73. The van der Waals surface area contributed by atoms with E-state index in [-0.39, 0.29) is 18.0 Å². The number of hydrogen-bond acceptors (Lipinski definition) is 4. The van der Waals surface area contributed by atoms with E-state index in [1.54, 1.807) is 29.4 Å². The van der Waals surface area contributed by atoms with Crippen molar-refractivity contribution >= 4 is 11.5 Å². The van der Waals surface area contributed by atoms with Gasteiger partial charge in [-0.2, -0.15) is 0 Å². The molecule has 0 unspecified atom stereocenters. The van der Waals surface area contributed by atoms with Gasteiger partial charge in [0.15, 0.2) is 6.54 Å². The van der Waals surface area contributed by atoms with E-state index in [2.05, 4.69) is 4.98 Å². The van der Waals surface area contributed by atoms with Crippen LogP contribution >= 0.6 is 0 Å². The molecule has 0 spiro atoms. The van der Waals surface area contributed by atoms with Crippen LogP contribution in [0.3, 0.4) is 0 Å². The molecule has 2 rings (SSSR count). The van der Waals surface area contributed by atoms with Gasteiger partial charge in [-0.05, 0) is 12.1 Å². The number of carbonyl (C=O) groups excluding carboxylic acids is 1. The van der Waals surface area contributed by atoms with Crippen molar-refractivity contribution in [3.63, 3.8) is 0 Å². The molecular formula is C12H10N3O3+. The Kier molecular flexibility index (Phi) is 3.38. The molecule has 1 aromatic carbocycles. The Bertz CT molecular complexity index is 567. The molecule has 0 saturated carbocycles. The summed E-state index contributed by atoms with van der Waals surface area (Å²) >= 11 is 0. The minimum atomic E-state index is -0.496. The Hall–Kier alpha value is -2.63. The maximum absolute atomic E-state index is 11.9. The molecule has 0 atom stereocenters. The summed E-state index contributed by atoms with van der Waals surface area (Å²) in [5, 5.41) is 10.5. The fraction of sp³-hybridized carbons (Fsp3) is 0.0833. The normalized spacial score (nSPS) is 10.0. The first-order valence-corrected chi connectivity index (χ1v) is 5.23. The van der Waals surface area contributed by atoms with E-state index >= 15 is 0 Å². The van der Waals surface area contributed by atoms with Crippen LogP contribution < -0.4 is 4.57 Å². The predicted octanol–water partition coefficient (Wildman–Crippen LogP) is 1.16. The standard InChI is InChI=1S/C12H10N3O3/c16-12(8-14-7-1-6-13-9-14)10-2-4-11(5-3-10)15(17)18/h1-7,9H,8H2/q+1. The molecule has 1 heterocycles. The third-order valence-corrected chi connectivity index (χ3v) is 2.39. The number of benzene rings is 1. The quantitative estimate of drug-likeness (QED) is 0.350. The number of non-ortho nitro benzene ring substituents is 1. The number of nitro benzene ring substituents is 1. The van der Waals surface area contributed by atoms with Crippen molar-refractivity contribution in [3.05, 3.63) is 64.7 Å². The number of nitrogens with zero attached hydrogens (tertiary/aromatic N) is 3. The average molecular weight is 244 g/mol. The number of ketones is 1. The molecular weight excluding hydrogens is 234 g/mol. The smallest absolute Gasteiger partial charge is 0.286 e. The Morgan fingerprint density at radius 2 is 2.06 bits per heavy atom. The predicted molar refractivity (Wildman–Crippen MR) is 61.9 cm³/mol. The molecule has 2 aromatic rings. The van der Waals surface area contributed by atoms with Gasteiger partial charge in [0.25, 0.3) is 12.0 Å². The summed E-state index contributed by atoms with van der Waals surface area (Å²) < 4.78 is 1.64. The van der Waals surface area contributed by atoms with Crippen LogP contribution in [-0.4, -0.2) is 15.7 Å². The van der Waals surface area contributed by atoms with E-state index in [4.69, 9.17) is 0 Å². The topological polar surface area (TPSA) is 77.0 Å². The fourth-order valence-electron chi connectivity index (χ4n) is 1.48. The third-order valence-electron chi connectivity index (χ3n) is 2.39. The van der Waals surface area contributed by atoms with Gasteiger partial charge in [-0.1, -0.05) is 4.98 Å². The van der Waals surface area contributed by atoms with Gasteiger partial charge in [0.2, 0.25) is 5.78 Å². The van der Waals surface area contributed by atoms with Crippen LogP contribution in [-0.2, 0) is 6.54 Å². The molecule has 1 aromatic heterocycles. The summed E-state index contributed by atoms with van der Waals surface area (Å²) in [5.41, 5.74) is 0.414. The van der Waals surface area contributed by atoms with E-state index < -0.39 is 4.92 Å². The van der Waals surface area contributed by atoms with Crippen molar-refractivity contribution < 1.29 is 14.3 Å². The van der Waals surface area contributed by atoms with E-state index in [0.717, 1.165) is 0 Å². The van der Waals surface area contributed by atoms with Gasteiger partial charge in [-0.15, -0.1) is 0 Å². The lowest BCUT2D eigenvalue weighted by atomic mass is 10.1. The monoisotopic (exact) mass is 244 g/mol. The number of rotatable bonds is 4. The summed E-state index contributed by atoms with van der Waals surface area (Å²) in [7, 11) is 0. The van der Waals surface area contributed by atoms with Gasteiger partial charge >= 0.3 is 0 Å². The molecule has 0 amide bonds. The second-order valence-electron chi connectivity index (χ2n) is 3.65. The lowest BCUT2D eigenvalue weighted by Crippen LogP contribution is -2.37. The number of Topliss-reactive ketones (excluding diaryl/α,β-unsaturated/α-hetero) is 1. The number of carbonyl (C=O) groups is 1. The van der Waals surface area contributed by atoms with Crippen LogP contribution in [0.4, 0.5) is 5.69 Å². The molecule has 0 saturated heterocycles. The molecule has 0 aliphatic carbocycles. The second-order valence-corrected chi connectivity index (χ2v) is 3.65. The summed E-state index contributed by atoms with van der Waals surface area (Å²) in [5.74, 6) is -0.122. The van der Waals surface area contributed by atoms with Crippen molar-refractivity contribution in [1.82, 2.24) is 4.98 Å². The van der Waals surface area contributed by atoms with Crippen molar-refractivity contribution in [2.45, 2.75) is 6.54 Å². The van der Waals surface area contributed by atoms with E-state index in [0.29, 0.717) is 5.56 Å². The van der Waals surface area contributed by atoms with Gasteiger partial charge < -0.3 is 0 Å². The highest BCUT2D eigenvalue weighted by molar-refractivity contribution is 5.95. The zero-order valence-corrected chi connectivity index (χ0v) is 9.39. The number of aromatic nitrogens is 2. The average Bonchev–Trinajstić information content (AvgIpc) is 2.40. The molecule has 0 radical (unpaired) electrons. The van der Waals surface area contributed by atoms with E-state index in [1.807, 2.05) is 0 Å². The lowest BCUT2D eigenvalue weighted by Gasteiger charge is -1.99. The molecule has 6 heteroatoms. The Morgan fingerprint density at radius 1 is 1.33 bits per heavy atom. The molecule has 0 fully saturated rings. The zero-order valence-electron chi connectivity index (χ0n) is 9.39. The highest BCUT2D eigenvalue weighted by atomic mass is 16.6. The van der Waals surface area contributed by atoms with Crippen molar-refractivity contribution in [2.24, 2.45) is 0 Å². The van der Waals surface area contributed by atoms with E-state index in [1.165, 1.54) is 24.3 Å². The van der Waals surface area contributed by atoms with Crippen molar-refractivity contribution in [3.8, 4) is 0 Å². The van der Waals surface area contributed by atoms with Crippen molar-refractivity contribution in [1.29, 1.82) is 0 Å². The summed E-state index contributed by atoms with van der Waals surface area (Å²) in [6.45, 7) is 0.158. The Balaban J connectivity index is 2.12. The fourth-order valence-corrected chi connectivity index (χ4v) is 1.48. The number of nitro groups is 1. The molecule has 0 N–H and O–H groups in total. The van der Waals surface area contributed by atoms with Crippen LogP contribution in [0.2, 0.25) is 0 Å². The summed E-state index contributed by atoms with van der Waals surface area (Å²) in [4.78, 5) is 25.8. The van der Waals surface area contributed by atoms with Gasteiger partial charge in [0, 0.05) is 23.8 Å². The maximum Gasteiger partial charge on any atom is 0.286 e. The van der Waals surface area contributed by atoms with Crippen LogP contribution in [0.15, 0.2) is 49.1 Å². The summed E-state index contributed by atoms with van der Waals surface area (Å²) in [6, 6.07) is 7.28. The van der Waals surface area contributed by atoms with Gasteiger partial charge in [-0.3, -0.25) is 14.9 Å². The molecule has 0 bridgehead atoms. The van der Waals surface area contributed by atoms with Crippen LogP contribution in [0.25, 0.3) is 0 Å². The minimum absolute atomic E-state index is 0.0272. The zero-order chi connectivity index (χ0) is 13.0. The first kappa shape index (κ1) is 11.8. The first-order chi connectivity index (χ1) is 8.66. The Labute approximate surface area is 103 Å². The molecule has 90 valence electrons. The van der Waals surface area contributed by atoms with Crippen LogP contribution in [0, 0.1) is 10.1 Å². The second kappa shape index (κ2) is 5.13. The highest BCUT2D eigenvalue weighted by Gasteiger charge is 2.11. The lowest BCUT2D eigenvalue weighted by molar-refractivity contribution is -0.686.